The van der Waals surface area contributed by atoms with Crippen LogP contribution in [0.15, 0.2) is 11.2 Å². The highest BCUT2D eigenvalue weighted by Crippen LogP contribution is 2.34. The molecule has 2 heterocycles. The topological polar surface area (TPSA) is 78.9 Å². The van der Waals surface area contributed by atoms with Crippen LogP contribution < -0.4 is 0 Å². The quantitative estimate of drug-likeness (QED) is 0.670. The van der Waals surface area contributed by atoms with Crippen molar-refractivity contribution in [2.75, 3.05) is 5.75 Å². The van der Waals surface area contributed by atoms with Crippen molar-refractivity contribution in [1.29, 1.82) is 0 Å². The van der Waals surface area contributed by atoms with Crippen molar-refractivity contribution in [2.24, 2.45) is 0 Å². The molecule has 0 aliphatic heterocycles. The molecule has 0 bridgehead atoms. The molecular formula is C13H15N3O2S2. The lowest BCUT2D eigenvalue weighted by Crippen LogP contribution is -1.97. The normalized spacial score (nSPS) is 14.8. The standard InChI is InChI=1S/C13H15N3O2S2/c17-11(18)7-19-13-14-12(15-16-13)10-6-8-4-2-1-3-5-9(8)20-10/h6H,1-5,7H2,(H,17,18)(H,14,15,16). The third-order valence-electron chi connectivity index (χ3n) is 3.27. The Morgan fingerprint density at radius 3 is 3.10 bits per heavy atom. The number of thiophene rings is 1. The first-order valence-electron chi connectivity index (χ1n) is 6.61. The second-order valence-corrected chi connectivity index (χ2v) is 6.85. The van der Waals surface area contributed by atoms with Crippen LogP contribution in [0.2, 0.25) is 0 Å². The number of nitrogens with one attached hydrogen (secondary N) is 1. The SMILES string of the molecule is O=C(O)CSc1n[nH]c(-c2cc3c(s2)CCCCC3)n1. The average Bonchev–Trinajstić information content (AvgIpc) is 2.99. The first-order chi connectivity index (χ1) is 9.72. The fourth-order valence-electron chi connectivity index (χ4n) is 2.33. The zero-order chi connectivity index (χ0) is 13.9. The lowest BCUT2D eigenvalue weighted by molar-refractivity contribution is -0.133. The van der Waals surface area contributed by atoms with Crippen LogP contribution in [-0.4, -0.2) is 32.0 Å². The van der Waals surface area contributed by atoms with E-state index in [0.29, 0.717) is 5.16 Å². The summed E-state index contributed by atoms with van der Waals surface area (Å²) in [5.74, 6) is -0.127. The summed E-state index contributed by atoms with van der Waals surface area (Å²) in [6.07, 6.45) is 6.16. The maximum Gasteiger partial charge on any atom is 0.313 e. The largest absolute Gasteiger partial charge is 0.481 e. The molecule has 1 aliphatic carbocycles. The summed E-state index contributed by atoms with van der Waals surface area (Å²) in [6.45, 7) is 0. The molecule has 0 spiro atoms. The summed E-state index contributed by atoms with van der Waals surface area (Å²) in [7, 11) is 0. The number of rotatable bonds is 4. The van der Waals surface area contributed by atoms with E-state index in [1.165, 1.54) is 29.7 Å². The van der Waals surface area contributed by atoms with Crippen LogP contribution in [0.25, 0.3) is 10.7 Å². The van der Waals surface area contributed by atoms with Crippen molar-refractivity contribution in [2.45, 2.75) is 37.3 Å². The highest BCUT2D eigenvalue weighted by atomic mass is 32.2. The lowest BCUT2D eigenvalue weighted by Gasteiger charge is -1.92. The number of aromatic amines is 1. The number of hydrogen-bond acceptors (Lipinski definition) is 5. The first kappa shape index (κ1) is 13.6. The molecule has 20 heavy (non-hydrogen) atoms. The van der Waals surface area contributed by atoms with Crippen LogP contribution in [0.5, 0.6) is 0 Å². The third kappa shape index (κ3) is 3.04. The van der Waals surface area contributed by atoms with Crippen molar-refractivity contribution in [3.63, 3.8) is 0 Å². The molecule has 2 aromatic heterocycles. The van der Waals surface area contributed by atoms with Gasteiger partial charge in [0.25, 0.3) is 0 Å². The second-order valence-electron chi connectivity index (χ2n) is 4.77. The van der Waals surface area contributed by atoms with Crippen LogP contribution >= 0.6 is 23.1 Å². The molecule has 0 saturated carbocycles. The minimum atomic E-state index is -0.857. The number of H-pyrrole nitrogens is 1. The van der Waals surface area contributed by atoms with Crippen molar-refractivity contribution < 1.29 is 9.90 Å². The Labute approximate surface area is 124 Å². The summed E-state index contributed by atoms with van der Waals surface area (Å²) in [5.41, 5.74) is 1.44. The van der Waals surface area contributed by atoms with Gasteiger partial charge in [-0.15, -0.1) is 16.4 Å². The number of carboxylic acid groups (broad SMARTS) is 1. The van der Waals surface area contributed by atoms with Gasteiger partial charge in [-0.3, -0.25) is 9.89 Å². The van der Waals surface area contributed by atoms with Crippen molar-refractivity contribution in [3.05, 3.63) is 16.5 Å². The highest BCUT2D eigenvalue weighted by Gasteiger charge is 2.15. The number of aryl methyl sites for hydroxylation is 2. The van der Waals surface area contributed by atoms with E-state index < -0.39 is 5.97 Å². The van der Waals surface area contributed by atoms with Gasteiger partial charge < -0.3 is 5.11 Å². The van der Waals surface area contributed by atoms with Gasteiger partial charge in [-0.1, -0.05) is 18.2 Å². The number of thioether (sulfide) groups is 1. The maximum atomic E-state index is 10.5. The van der Waals surface area contributed by atoms with E-state index in [9.17, 15) is 4.79 Å². The van der Waals surface area contributed by atoms with Crippen LogP contribution in [0.3, 0.4) is 0 Å². The van der Waals surface area contributed by atoms with E-state index in [1.807, 2.05) is 0 Å². The Hall–Kier alpha value is -1.34. The molecule has 106 valence electrons. The van der Waals surface area contributed by atoms with Crippen LogP contribution in [0.4, 0.5) is 0 Å². The Morgan fingerprint density at radius 2 is 2.25 bits per heavy atom. The molecule has 0 fully saturated rings. The van der Waals surface area contributed by atoms with Crippen molar-refractivity contribution in [3.8, 4) is 10.7 Å². The molecule has 2 N–H and O–H groups in total. The molecule has 0 unspecified atom stereocenters. The van der Waals surface area contributed by atoms with Gasteiger partial charge in [0.2, 0.25) is 5.16 Å². The third-order valence-corrected chi connectivity index (χ3v) is 5.35. The first-order valence-corrected chi connectivity index (χ1v) is 8.41. The molecular weight excluding hydrogens is 294 g/mol. The summed E-state index contributed by atoms with van der Waals surface area (Å²) < 4.78 is 0. The fraction of sp³-hybridized carbons (Fsp3) is 0.462. The summed E-state index contributed by atoms with van der Waals surface area (Å²) in [6, 6.07) is 2.21. The smallest absolute Gasteiger partial charge is 0.313 e. The van der Waals surface area contributed by atoms with Crippen LogP contribution in [0.1, 0.15) is 29.7 Å². The number of nitrogens with zero attached hydrogens (tertiary/aromatic N) is 2. The fourth-order valence-corrected chi connectivity index (χ4v) is 4.04. The number of carboxylic acids is 1. The Morgan fingerprint density at radius 1 is 1.40 bits per heavy atom. The zero-order valence-corrected chi connectivity index (χ0v) is 12.5. The number of hydrogen-bond donors (Lipinski definition) is 2. The average molecular weight is 309 g/mol. The molecule has 0 radical (unpaired) electrons. The zero-order valence-electron chi connectivity index (χ0n) is 10.9. The van der Waals surface area contributed by atoms with Gasteiger partial charge in [-0.2, -0.15) is 0 Å². The molecule has 0 atom stereocenters. The highest BCUT2D eigenvalue weighted by molar-refractivity contribution is 7.99. The Balaban J connectivity index is 1.77. The van der Waals surface area contributed by atoms with Gasteiger partial charge in [0.05, 0.1) is 10.6 Å². The van der Waals surface area contributed by atoms with E-state index >= 15 is 0 Å². The molecule has 7 heteroatoms. The molecule has 5 nitrogen and oxygen atoms in total. The van der Waals surface area contributed by atoms with Crippen molar-refractivity contribution >= 4 is 29.1 Å². The number of fused-ring (bicyclic) bond motifs is 1. The number of aliphatic carboxylic acids is 1. The lowest BCUT2D eigenvalue weighted by atomic mass is 10.1. The van der Waals surface area contributed by atoms with Crippen LogP contribution in [-0.2, 0) is 17.6 Å². The summed E-state index contributed by atoms with van der Waals surface area (Å²) in [5, 5.41) is 16.1. The van der Waals surface area contributed by atoms with Gasteiger partial charge in [-0.05, 0) is 37.3 Å². The molecule has 3 rings (SSSR count). The number of aromatic nitrogens is 3. The van der Waals surface area contributed by atoms with E-state index in [4.69, 9.17) is 5.11 Å². The predicted octanol–water partition coefficient (Wildman–Crippen LogP) is 2.98. The van der Waals surface area contributed by atoms with E-state index in [2.05, 4.69) is 21.2 Å². The Bertz CT molecular complexity index is 597. The summed E-state index contributed by atoms with van der Waals surface area (Å²) in [4.78, 5) is 17.5. The molecule has 0 saturated heterocycles. The number of carbonyl (C=O) groups is 1. The minimum Gasteiger partial charge on any atom is -0.481 e. The molecule has 2 aromatic rings. The van der Waals surface area contributed by atoms with E-state index in [1.54, 1.807) is 11.3 Å². The summed E-state index contributed by atoms with van der Waals surface area (Å²) >= 11 is 2.91. The van der Waals surface area contributed by atoms with Gasteiger partial charge >= 0.3 is 5.97 Å². The van der Waals surface area contributed by atoms with Gasteiger partial charge in [0.1, 0.15) is 0 Å². The monoisotopic (exact) mass is 309 g/mol. The van der Waals surface area contributed by atoms with E-state index in [0.717, 1.165) is 35.3 Å². The van der Waals surface area contributed by atoms with Crippen LogP contribution in [0, 0.1) is 0 Å². The van der Waals surface area contributed by atoms with E-state index in [-0.39, 0.29) is 5.75 Å². The second kappa shape index (κ2) is 5.97. The van der Waals surface area contributed by atoms with Gasteiger partial charge in [0, 0.05) is 4.88 Å². The molecule has 0 aromatic carbocycles. The Kier molecular flexibility index (Phi) is 4.07. The van der Waals surface area contributed by atoms with Crippen molar-refractivity contribution in [1.82, 2.24) is 15.2 Å². The molecule has 1 aliphatic rings. The maximum absolute atomic E-state index is 10.5. The van der Waals surface area contributed by atoms with Gasteiger partial charge in [-0.25, -0.2) is 4.98 Å². The van der Waals surface area contributed by atoms with Gasteiger partial charge in [0.15, 0.2) is 5.82 Å². The molecule has 0 amide bonds. The minimum absolute atomic E-state index is 0.0156. The predicted molar refractivity (Wildman–Crippen MR) is 79.3 cm³/mol.